The van der Waals surface area contributed by atoms with Crippen molar-refractivity contribution in [2.75, 3.05) is 24.3 Å². The molecule has 0 aliphatic carbocycles. The van der Waals surface area contributed by atoms with E-state index in [0.29, 0.717) is 11.4 Å². The molecule has 0 saturated carbocycles. The molecule has 0 saturated heterocycles. The van der Waals surface area contributed by atoms with E-state index >= 15 is 0 Å². The van der Waals surface area contributed by atoms with Crippen LogP contribution in [-0.4, -0.2) is 19.2 Å². The van der Waals surface area contributed by atoms with Gasteiger partial charge in [-0.1, -0.05) is 0 Å². The van der Waals surface area contributed by atoms with Crippen LogP contribution in [0.5, 0.6) is 5.75 Å². The van der Waals surface area contributed by atoms with E-state index in [1.165, 1.54) is 0 Å². The molecule has 2 rings (SSSR count). The fraction of sp³-hybridized carbons (Fsp3) is 0.455. The first-order valence-electron chi connectivity index (χ1n) is 5.06. The van der Waals surface area contributed by atoms with Gasteiger partial charge in [-0.15, -0.1) is 11.8 Å². The Morgan fingerprint density at radius 1 is 1.25 bits per heavy atom. The molecule has 0 radical (unpaired) electrons. The lowest BCUT2D eigenvalue weighted by molar-refractivity contribution is -0.0380. The van der Waals surface area contributed by atoms with E-state index in [9.17, 15) is 0 Å². The number of ether oxygens (including phenoxy) is 2. The third-order valence-corrected chi connectivity index (χ3v) is 4.07. The van der Waals surface area contributed by atoms with Gasteiger partial charge in [0.1, 0.15) is 0 Å². The summed E-state index contributed by atoms with van der Waals surface area (Å²) in [6.45, 7) is 3.93. The molecule has 0 bridgehead atoms. The van der Waals surface area contributed by atoms with Gasteiger partial charge in [0.05, 0.1) is 22.0 Å². The third kappa shape index (κ3) is 1.60. The molecule has 0 fully saturated rings. The van der Waals surface area contributed by atoms with Gasteiger partial charge in [-0.3, -0.25) is 0 Å². The Labute approximate surface area is 99.3 Å². The molecule has 0 aromatic heterocycles. The number of nitrogen functional groups attached to an aromatic ring is 2. The number of nitrogens with two attached hydrogens (primary N) is 2. The maximum absolute atomic E-state index is 6.06. The van der Waals surface area contributed by atoms with Crippen LogP contribution in [0.3, 0.4) is 0 Å². The second-order valence-corrected chi connectivity index (χ2v) is 4.86. The van der Waals surface area contributed by atoms with E-state index in [1.54, 1.807) is 18.9 Å². The van der Waals surface area contributed by atoms with E-state index in [2.05, 4.69) is 0 Å². The summed E-state index contributed by atoms with van der Waals surface area (Å²) in [4.78, 5) is 0.939. The summed E-state index contributed by atoms with van der Waals surface area (Å²) in [5, 5.41) is 0. The van der Waals surface area contributed by atoms with Crippen LogP contribution < -0.4 is 16.2 Å². The number of methoxy groups -OCH3 is 1. The van der Waals surface area contributed by atoms with Crippen molar-refractivity contribution in [1.82, 2.24) is 0 Å². The van der Waals surface area contributed by atoms with E-state index in [4.69, 9.17) is 20.9 Å². The van der Waals surface area contributed by atoms with Crippen molar-refractivity contribution in [1.29, 1.82) is 0 Å². The summed E-state index contributed by atoms with van der Waals surface area (Å²) >= 11 is 1.63. The lowest BCUT2D eigenvalue weighted by Crippen LogP contribution is -2.26. The number of hydrogen-bond donors (Lipinski definition) is 2. The Hall–Kier alpha value is -1.07. The average Bonchev–Trinajstić information content (AvgIpc) is 2.33. The van der Waals surface area contributed by atoms with Crippen LogP contribution in [0, 0.1) is 13.8 Å². The second-order valence-electron chi connectivity index (χ2n) is 3.83. The van der Waals surface area contributed by atoms with Gasteiger partial charge in [-0.2, -0.15) is 0 Å². The summed E-state index contributed by atoms with van der Waals surface area (Å²) in [5.41, 5.74) is 15.5. The van der Waals surface area contributed by atoms with Crippen molar-refractivity contribution in [3.05, 3.63) is 11.1 Å². The molecule has 1 aromatic rings. The fourth-order valence-electron chi connectivity index (χ4n) is 1.68. The van der Waals surface area contributed by atoms with Crippen molar-refractivity contribution in [3.8, 4) is 5.75 Å². The summed E-state index contributed by atoms with van der Waals surface area (Å²) < 4.78 is 10.9. The molecule has 1 atom stereocenters. The first-order chi connectivity index (χ1) is 7.56. The van der Waals surface area contributed by atoms with Gasteiger partial charge in [0, 0.05) is 7.11 Å². The Balaban J connectivity index is 2.56. The summed E-state index contributed by atoms with van der Waals surface area (Å²) in [7, 11) is 1.62. The summed E-state index contributed by atoms with van der Waals surface area (Å²) in [5.74, 6) is 1.40. The van der Waals surface area contributed by atoms with Crippen molar-refractivity contribution >= 4 is 23.1 Å². The Bertz CT molecular complexity index is 435. The van der Waals surface area contributed by atoms with Crippen LogP contribution in [0.2, 0.25) is 0 Å². The van der Waals surface area contributed by atoms with E-state index in [0.717, 1.165) is 27.5 Å². The molecule has 1 aliphatic heterocycles. The predicted molar refractivity (Wildman–Crippen MR) is 66.9 cm³/mol. The van der Waals surface area contributed by atoms with Crippen molar-refractivity contribution in [2.45, 2.75) is 25.0 Å². The maximum Gasteiger partial charge on any atom is 0.209 e. The minimum Gasteiger partial charge on any atom is -0.461 e. The van der Waals surface area contributed by atoms with Crippen LogP contribution in [0.4, 0.5) is 11.4 Å². The van der Waals surface area contributed by atoms with Gasteiger partial charge in [0.25, 0.3) is 0 Å². The highest BCUT2D eigenvalue weighted by atomic mass is 32.2. The van der Waals surface area contributed by atoms with Crippen LogP contribution in [0.25, 0.3) is 0 Å². The number of rotatable bonds is 1. The minimum absolute atomic E-state index is 0.249. The zero-order valence-electron chi connectivity index (χ0n) is 9.66. The third-order valence-electron chi connectivity index (χ3n) is 2.94. The molecule has 1 aromatic carbocycles. The number of hydrogen-bond acceptors (Lipinski definition) is 5. The quantitative estimate of drug-likeness (QED) is 0.734. The van der Waals surface area contributed by atoms with Crippen LogP contribution in [-0.2, 0) is 4.74 Å². The predicted octanol–water partition coefficient (Wildman–Crippen LogP) is 1.92. The van der Waals surface area contributed by atoms with Crippen LogP contribution in [0.1, 0.15) is 11.1 Å². The van der Waals surface area contributed by atoms with Crippen LogP contribution in [0.15, 0.2) is 4.90 Å². The second kappa shape index (κ2) is 4.07. The average molecular weight is 240 g/mol. The highest BCUT2D eigenvalue weighted by molar-refractivity contribution is 7.99. The molecule has 5 heteroatoms. The minimum atomic E-state index is -0.249. The van der Waals surface area contributed by atoms with E-state index in [-0.39, 0.29) is 6.29 Å². The number of benzene rings is 1. The Morgan fingerprint density at radius 2 is 1.88 bits per heavy atom. The maximum atomic E-state index is 6.06. The molecule has 1 unspecified atom stereocenters. The molecule has 0 spiro atoms. The number of anilines is 2. The van der Waals surface area contributed by atoms with Crippen molar-refractivity contribution in [2.24, 2.45) is 0 Å². The first kappa shape index (κ1) is 11.4. The van der Waals surface area contributed by atoms with Gasteiger partial charge in [-0.25, -0.2) is 0 Å². The molecular weight excluding hydrogens is 224 g/mol. The van der Waals surface area contributed by atoms with E-state index < -0.39 is 0 Å². The van der Waals surface area contributed by atoms with Crippen molar-refractivity contribution in [3.63, 3.8) is 0 Å². The van der Waals surface area contributed by atoms with Gasteiger partial charge in [0.15, 0.2) is 5.75 Å². The fourth-order valence-corrected chi connectivity index (χ4v) is 2.79. The molecule has 4 nitrogen and oxygen atoms in total. The zero-order chi connectivity index (χ0) is 11.9. The van der Waals surface area contributed by atoms with Gasteiger partial charge < -0.3 is 20.9 Å². The highest BCUT2D eigenvalue weighted by Crippen LogP contribution is 2.46. The molecular formula is C11H16N2O2S. The summed E-state index contributed by atoms with van der Waals surface area (Å²) in [6.07, 6.45) is -0.249. The van der Waals surface area contributed by atoms with Crippen LogP contribution >= 0.6 is 11.8 Å². The zero-order valence-corrected chi connectivity index (χ0v) is 10.5. The monoisotopic (exact) mass is 240 g/mol. The largest absolute Gasteiger partial charge is 0.461 e. The normalized spacial score (nSPS) is 19.1. The Morgan fingerprint density at radius 3 is 2.50 bits per heavy atom. The lowest BCUT2D eigenvalue weighted by atomic mass is 10.1. The van der Waals surface area contributed by atoms with E-state index in [1.807, 2.05) is 13.8 Å². The highest BCUT2D eigenvalue weighted by Gasteiger charge is 2.26. The first-order valence-corrected chi connectivity index (χ1v) is 6.05. The Kier molecular flexibility index (Phi) is 2.90. The number of thioether (sulfide) groups is 1. The SMILES string of the molecule is COC1CSc2c(N)c(C)c(C)c(N)c2O1. The molecule has 4 N–H and O–H groups in total. The van der Waals surface area contributed by atoms with Gasteiger partial charge in [-0.05, 0) is 25.0 Å². The lowest BCUT2D eigenvalue weighted by Gasteiger charge is -2.28. The standard InChI is InChI=1S/C11H16N2O2S/c1-5-6(2)9(13)11-10(8(5)12)15-7(14-3)4-16-11/h7H,4,12-13H2,1-3H3. The van der Waals surface area contributed by atoms with Gasteiger partial charge >= 0.3 is 0 Å². The smallest absolute Gasteiger partial charge is 0.209 e. The van der Waals surface area contributed by atoms with Crippen molar-refractivity contribution < 1.29 is 9.47 Å². The number of fused-ring (bicyclic) bond motifs is 1. The van der Waals surface area contributed by atoms with Gasteiger partial charge in [0.2, 0.25) is 6.29 Å². The summed E-state index contributed by atoms with van der Waals surface area (Å²) in [6, 6.07) is 0. The molecule has 88 valence electrons. The molecule has 16 heavy (non-hydrogen) atoms. The molecule has 1 aliphatic rings. The molecule has 0 amide bonds. The molecule has 1 heterocycles. The topological polar surface area (TPSA) is 70.5 Å².